The number of thiol groups is 1. The molecule has 3 N–H and O–H groups in total. The zero-order valence-electron chi connectivity index (χ0n) is 11.6. The van der Waals surface area contributed by atoms with Crippen LogP contribution in [0.15, 0.2) is 0 Å². The second-order valence-corrected chi connectivity index (χ2v) is 35.3. The fourth-order valence-electron chi connectivity index (χ4n) is 17.2. The van der Waals surface area contributed by atoms with Gasteiger partial charge in [0.05, 0.1) is 0 Å². The Balaban J connectivity index is 0.000000108. The first kappa shape index (κ1) is 9.96. The number of hydrogen-bond acceptors (Lipinski definition) is 4. The van der Waals surface area contributed by atoms with Gasteiger partial charge in [-0.2, -0.15) is 12.6 Å². The maximum Gasteiger partial charge on any atom is 0.321 e. The Bertz CT molecular complexity index is 1020. The van der Waals surface area contributed by atoms with E-state index in [1.54, 1.807) is 0 Å². The maximum atomic E-state index is 12.2. The number of nitrogens with two attached hydrogens (primary N) is 1. The third-order valence-electron chi connectivity index (χ3n) is 15.7. The molecule has 0 aliphatic carbocycles. The van der Waals surface area contributed by atoms with Gasteiger partial charge in [-0.3, -0.25) is 4.79 Å². The Morgan fingerprint density at radius 2 is 1.57 bits per heavy atom. The van der Waals surface area contributed by atoms with Crippen molar-refractivity contribution >= 4 is 24.4 Å². The molecule has 10 saturated heterocycles. The molecule has 0 aromatic carbocycles. The van der Waals surface area contributed by atoms with E-state index in [1.807, 2.05) is 6.92 Å². The van der Waals surface area contributed by atoms with Crippen molar-refractivity contribution in [1.82, 2.24) is 0 Å². The van der Waals surface area contributed by atoms with Crippen molar-refractivity contribution in [3.63, 3.8) is 0 Å². The van der Waals surface area contributed by atoms with E-state index in [4.69, 9.17) is 10.8 Å². The van der Waals surface area contributed by atoms with Gasteiger partial charge >= 0.3 is 77.6 Å². The van der Waals surface area contributed by atoms with E-state index < -0.39 is 18.5 Å². The first-order chi connectivity index (χ1) is 9.67. The first-order valence-corrected chi connectivity index (χ1v) is 14.9. The van der Waals surface area contributed by atoms with Crippen molar-refractivity contribution in [3.8, 4) is 0 Å². The molecule has 5 unspecified atom stereocenters. The van der Waals surface area contributed by atoms with Crippen LogP contribution in [-0.2, 0) is 16.1 Å². The van der Waals surface area contributed by atoms with Crippen molar-refractivity contribution in [3.05, 3.63) is 0 Å². The second kappa shape index (κ2) is 0.929. The number of aliphatic carboxylic acids is 1. The summed E-state index contributed by atoms with van der Waals surface area (Å²) in [6, 6.07) is -0.816. The van der Waals surface area contributed by atoms with Crippen molar-refractivity contribution in [1.29, 1.82) is 0 Å². The summed E-state index contributed by atoms with van der Waals surface area (Å²) in [4.78, 5) is 33.6. The average Bonchev–Trinajstić information content (AvgIpc) is 3.39. The molecular formula is C15H19FeNO3S. The predicted octanol–water partition coefficient (Wildman–Crippen LogP) is 2.66. The van der Waals surface area contributed by atoms with E-state index in [0.29, 0.717) is 4.31 Å². The third kappa shape index (κ3) is 0.127. The number of carbonyl (C=O) groups is 2. The molecule has 10 aliphatic heterocycles. The summed E-state index contributed by atoms with van der Waals surface area (Å²) in [5, 5.41) is 8.01. The van der Waals surface area contributed by atoms with Crippen LogP contribution in [0.3, 0.4) is 0 Å². The van der Waals surface area contributed by atoms with Crippen molar-refractivity contribution < 1.29 is 21.2 Å². The minimum atomic E-state index is -2.94. The standard InChI is InChI=1S/C7H7O.C5H5.C3H7NO2S.Fe/c1-6(8)7-4-2-3-5-7;1-2-4-5-3-1;4-2(1-7)3(5)6;/h2-5H,1H3;1-5H;2,7H,1,4H2,(H,5,6);. The molecule has 6 heteroatoms. The molecule has 0 radical (unpaired) electrons. The van der Waals surface area contributed by atoms with Gasteiger partial charge in [0.2, 0.25) is 0 Å². The van der Waals surface area contributed by atoms with Crippen LogP contribution in [0.5, 0.6) is 0 Å². The van der Waals surface area contributed by atoms with E-state index >= 15 is 0 Å². The molecular weight excluding hydrogens is 330 g/mol. The summed E-state index contributed by atoms with van der Waals surface area (Å²) in [7, 11) is 0. The largest absolute Gasteiger partial charge is 0.480 e. The molecule has 116 valence electrons. The summed E-state index contributed by atoms with van der Waals surface area (Å²) < 4.78 is 0.555. The number of rotatable bonds is 3. The van der Waals surface area contributed by atoms with Gasteiger partial charge in [0.25, 0.3) is 0 Å². The van der Waals surface area contributed by atoms with Crippen LogP contribution >= 0.6 is 12.6 Å². The molecule has 10 heterocycles. The van der Waals surface area contributed by atoms with Gasteiger partial charge in [-0.25, -0.2) is 0 Å². The van der Waals surface area contributed by atoms with Crippen LogP contribution < -0.4 is 5.73 Å². The fourth-order valence-corrected chi connectivity index (χ4v) is 91.9. The molecule has 0 aromatic heterocycles. The van der Waals surface area contributed by atoms with Crippen LogP contribution in [0, 0.1) is 0 Å². The van der Waals surface area contributed by atoms with E-state index in [2.05, 4.69) is 12.6 Å². The molecule has 0 saturated carbocycles. The number of carboxylic acid groups (broad SMARTS) is 1. The first-order valence-electron chi connectivity index (χ1n) is 7.99. The third-order valence-corrected chi connectivity index (χ3v) is 58.6. The molecule has 10 fully saturated rings. The Labute approximate surface area is 117 Å². The zero-order valence-corrected chi connectivity index (χ0v) is 13.6. The molecule has 0 bridgehead atoms. The van der Waals surface area contributed by atoms with Gasteiger partial charge < -0.3 is 10.8 Å². The van der Waals surface area contributed by atoms with Crippen LogP contribution in [0.4, 0.5) is 0 Å². The van der Waals surface area contributed by atoms with Crippen LogP contribution in [0.1, 0.15) is 6.92 Å². The molecule has 10 rings (SSSR count). The molecule has 1 spiro atoms. The summed E-state index contributed by atoms with van der Waals surface area (Å²) >= 11 is 3.65. The number of fused-ring (bicyclic) bond motifs is 10. The van der Waals surface area contributed by atoms with E-state index in [0.717, 1.165) is 5.78 Å². The normalized spacial score (nSPS) is 99.1. The zero-order chi connectivity index (χ0) is 14.5. The molecule has 4 nitrogen and oxygen atoms in total. The van der Waals surface area contributed by atoms with Gasteiger partial charge in [-0.05, 0) is 0 Å². The summed E-state index contributed by atoms with van der Waals surface area (Å²) in [5.74, 6) is -0.0889. The smallest absolute Gasteiger partial charge is 0.321 e. The second-order valence-electron chi connectivity index (χ2n) is 11.4. The van der Waals surface area contributed by atoms with E-state index in [9.17, 15) is 9.59 Å². The average molecular weight is 349 g/mol. The van der Waals surface area contributed by atoms with Crippen molar-refractivity contribution in [2.24, 2.45) is 5.73 Å². The van der Waals surface area contributed by atoms with Crippen molar-refractivity contribution in [2.45, 2.75) is 60.6 Å². The van der Waals surface area contributed by atoms with Crippen LogP contribution in [-0.4, -0.2) is 28.7 Å². The van der Waals surface area contributed by atoms with E-state index in [1.165, 1.54) is 43.3 Å². The van der Waals surface area contributed by atoms with Crippen LogP contribution in [0.2, 0.25) is 47.7 Å². The summed E-state index contributed by atoms with van der Waals surface area (Å²) in [6.45, 7) is -0.952. The molecule has 0 aromatic rings. The van der Waals surface area contributed by atoms with Gasteiger partial charge in [-0.1, -0.05) is 0 Å². The Morgan fingerprint density at radius 1 is 1.14 bits per heavy atom. The topological polar surface area (TPSA) is 80.4 Å². The predicted molar refractivity (Wildman–Crippen MR) is 76.6 cm³/mol. The molecule has 5 atom stereocenters. The van der Waals surface area contributed by atoms with E-state index in [-0.39, 0.29) is 5.75 Å². The minimum Gasteiger partial charge on any atom is -0.480 e. The van der Waals surface area contributed by atoms with Crippen molar-refractivity contribution in [2.75, 3.05) is 5.75 Å². The number of carbonyl (C=O) groups excluding carboxylic acids is 1. The van der Waals surface area contributed by atoms with Gasteiger partial charge in [0.15, 0.2) is 0 Å². The Morgan fingerprint density at radius 3 is 1.62 bits per heavy atom. The minimum absolute atomic E-state index is 0.190. The molecule has 10 aliphatic rings. The monoisotopic (exact) mass is 349 g/mol. The van der Waals surface area contributed by atoms with Gasteiger partial charge in [-0.15, -0.1) is 0 Å². The number of ketones is 1. The quantitative estimate of drug-likeness (QED) is 0.541. The maximum absolute atomic E-state index is 12.2. The van der Waals surface area contributed by atoms with Crippen LogP contribution in [0.25, 0.3) is 0 Å². The van der Waals surface area contributed by atoms with Gasteiger partial charge in [0, 0.05) is 5.75 Å². The number of carboxylic acids is 1. The Hall–Kier alpha value is -0.0305. The summed E-state index contributed by atoms with van der Waals surface area (Å²) in [6.07, 6.45) is 0. The molecule has 21 heavy (non-hydrogen) atoms. The van der Waals surface area contributed by atoms with Gasteiger partial charge in [0.1, 0.15) is 6.04 Å². The summed E-state index contributed by atoms with van der Waals surface area (Å²) in [5.41, 5.74) is 4.94. The fraction of sp³-hybridized carbons (Fsp3) is 0.867. The number of Topliss-reactive ketones (excluding diaryl/α,β-unsaturated/α-hetero) is 1. The SMILES string of the molecule is CC(=O)[C]12[CH]3[CH]4[CH]5[CH]1[Fe]45321678[CH]2[CH]1[CH]6[CH]7[CH]28.NC(CS)C(=O)O. The molecule has 0 amide bonds. The Kier molecular flexibility index (Phi) is 0.441. The number of hydrogen-bond donors (Lipinski definition) is 3.